The van der Waals surface area contributed by atoms with Crippen LogP contribution in [0.3, 0.4) is 0 Å². The predicted molar refractivity (Wildman–Crippen MR) is 71.4 cm³/mol. The maximum Gasteiger partial charge on any atom is 0.319 e. The van der Waals surface area contributed by atoms with Crippen molar-refractivity contribution in [2.45, 2.75) is 16.6 Å². The van der Waals surface area contributed by atoms with Crippen LogP contribution in [0.1, 0.15) is 6.42 Å². The van der Waals surface area contributed by atoms with Crippen molar-refractivity contribution in [2.24, 2.45) is 0 Å². The SMILES string of the molecule is COC(=O)CC(Sc1ccccc1[N+](=O)[O-])C(=O)OC. The number of nitro groups is 1. The van der Waals surface area contributed by atoms with E-state index < -0.39 is 22.1 Å². The van der Waals surface area contributed by atoms with Gasteiger partial charge in [0.25, 0.3) is 5.69 Å². The van der Waals surface area contributed by atoms with Crippen molar-refractivity contribution in [3.63, 3.8) is 0 Å². The first-order chi connectivity index (χ1) is 9.49. The van der Waals surface area contributed by atoms with Crippen molar-refractivity contribution in [3.05, 3.63) is 34.4 Å². The number of nitrogens with zero attached hydrogens (tertiary/aromatic N) is 1. The van der Waals surface area contributed by atoms with Crippen molar-refractivity contribution in [1.29, 1.82) is 0 Å². The summed E-state index contributed by atoms with van der Waals surface area (Å²) in [6.07, 6.45) is -0.222. The zero-order valence-electron chi connectivity index (χ0n) is 10.9. The van der Waals surface area contributed by atoms with E-state index in [0.29, 0.717) is 0 Å². The Kier molecular flexibility index (Phi) is 5.98. The predicted octanol–water partition coefficient (Wildman–Crippen LogP) is 1.79. The Hall–Kier alpha value is -2.09. The van der Waals surface area contributed by atoms with Crippen LogP contribution in [0.25, 0.3) is 0 Å². The van der Waals surface area contributed by atoms with Crippen molar-refractivity contribution in [1.82, 2.24) is 0 Å². The molecule has 1 atom stereocenters. The van der Waals surface area contributed by atoms with Gasteiger partial charge in [-0.1, -0.05) is 12.1 Å². The average molecular weight is 299 g/mol. The Morgan fingerprint density at radius 2 is 1.95 bits per heavy atom. The summed E-state index contributed by atoms with van der Waals surface area (Å²) >= 11 is 0.903. The van der Waals surface area contributed by atoms with Gasteiger partial charge in [0.1, 0.15) is 5.25 Å². The van der Waals surface area contributed by atoms with Crippen LogP contribution in [-0.2, 0) is 19.1 Å². The molecule has 0 saturated carbocycles. The lowest BCUT2D eigenvalue weighted by Gasteiger charge is -2.13. The van der Waals surface area contributed by atoms with Crippen LogP contribution in [0.2, 0.25) is 0 Å². The normalized spacial score (nSPS) is 11.5. The van der Waals surface area contributed by atoms with E-state index >= 15 is 0 Å². The molecule has 1 unspecified atom stereocenters. The van der Waals surface area contributed by atoms with E-state index in [1.54, 1.807) is 6.07 Å². The van der Waals surface area contributed by atoms with Crippen LogP contribution >= 0.6 is 11.8 Å². The number of nitro benzene ring substituents is 1. The van der Waals surface area contributed by atoms with Crippen LogP contribution < -0.4 is 0 Å². The largest absolute Gasteiger partial charge is 0.469 e. The van der Waals surface area contributed by atoms with Crippen LogP contribution in [0.15, 0.2) is 29.2 Å². The van der Waals surface area contributed by atoms with E-state index in [9.17, 15) is 19.7 Å². The zero-order chi connectivity index (χ0) is 15.1. The Morgan fingerprint density at radius 3 is 2.50 bits per heavy atom. The summed E-state index contributed by atoms with van der Waals surface area (Å²) in [6, 6.07) is 5.97. The highest BCUT2D eigenvalue weighted by molar-refractivity contribution is 8.00. The van der Waals surface area contributed by atoms with Gasteiger partial charge >= 0.3 is 11.9 Å². The van der Waals surface area contributed by atoms with E-state index in [2.05, 4.69) is 9.47 Å². The maximum absolute atomic E-state index is 11.6. The fourth-order valence-electron chi connectivity index (χ4n) is 1.40. The minimum Gasteiger partial charge on any atom is -0.469 e. The molecule has 0 spiro atoms. The summed E-state index contributed by atoms with van der Waals surface area (Å²) in [5, 5.41) is 10.0. The fourth-order valence-corrected chi connectivity index (χ4v) is 2.54. The zero-order valence-corrected chi connectivity index (χ0v) is 11.7. The molecule has 108 valence electrons. The summed E-state index contributed by atoms with van der Waals surface area (Å²) in [4.78, 5) is 33.5. The minimum absolute atomic E-state index is 0.128. The fraction of sp³-hybridized carbons (Fsp3) is 0.333. The van der Waals surface area contributed by atoms with Crippen LogP contribution in [-0.4, -0.2) is 36.3 Å². The van der Waals surface area contributed by atoms with E-state index in [4.69, 9.17) is 0 Å². The Labute approximate surface area is 119 Å². The molecule has 20 heavy (non-hydrogen) atoms. The Balaban J connectivity index is 2.98. The molecule has 7 nitrogen and oxygen atoms in total. The highest BCUT2D eigenvalue weighted by Gasteiger charge is 2.27. The first-order valence-electron chi connectivity index (χ1n) is 5.54. The third-order valence-electron chi connectivity index (χ3n) is 2.37. The molecule has 0 saturated heterocycles. The molecule has 0 radical (unpaired) electrons. The number of carbonyl (C=O) groups is 2. The number of benzene rings is 1. The second-order valence-electron chi connectivity index (χ2n) is 3.63. The first-order valence-corrected chi connectivity index (χ1v) is 6.42. The Morgan fingerprint density at radius 1 is 1.30 bits per heavy atom. The topological polar surface area (TPSA) is 95.7 Å². The first kappa shape index (κ1) is 16.0. The lowest BCUT2D eigenvalue weighted by atomic mass is 10.3. The molecule has 0 amide bonds. The second kappa shape index (κ2) is 7.49. The molecular weight excluding hydrogens is 286 g/mol. The van der Waals surface area contributed by atoms with E-state index in [1.165, 1.54) is 32.4 Å². The number of ether oxygens (including phenoxy) is 2. The van der Waals surface area contributed by atoms with Crippen LogP contribution in [0.4, 0.5) is 5.69 Å². The molecule has 0 N–H and O–H groups in total. The lowest BCUT2D eigenvalue weighted by molar-refractivity contribution is -0.387. The van der Waals surface area contributed by atoms with Crippen molar-refractivity contribution in [3.8, 4) is 0 Å². The van der Waals surface area contributed by atoms with Gasteiger partial charge in [-0.2, -0.15) is 0 Å². The van der Waals surface area contributed by atoms with E-state index in [1.807, 2.05) is 0 Å². The van der Waals surface area contributed by atoms with E-state index in [0.717, 1.165) is 11.8 Å². The highest BCUT2D eigenvalue weighted by Crippen LogP contribution is 2.33. The molecule has 0 heterocycles. The number of para-hydroxylation sites is 1. The Bertz CT molecular complexity index is 518. The van der Waals surface area contributed by atoms with Gasteiger partial charge in [0, 0.05) is 6.07 Å². The third-order valence-corrected chi connectivity index (χ3v) is 3.62. The molecule has 8 heteroatoms. The number of methoxy groups -OCH3 is 2. The lowest BCUT2D eigenvalue weighted by Crippen LogP contribution is -2.23. The van der Waals surface area contributed by atoms with Gasteiger partial charge in [0.05, 0.1) is 30.5 Å². The number of carbonyl (C=O) groups excluding carboxylic acids is 2. The number of hydrogen-bond acceptors (Lipinski definition) is 7. The van der Waals surface area contributed by atoms with E-state index in [-0.39, 0.29) is 17.0 Å². The molecule has 0 aliphatic carbocycles. The molecule has 0 bridgehead atoms. The van der Waals surface area contributed by atoms with Gasteiger partial charge in [0.15, 0.2) is 0 Å². The van der Waals surface area contributed by atoms with Gasteiger partial charge in [-0.15, -0.1) is 11.8 Å². The van der Waals surface area contributed by atoms with Crippen molar-refractivity contribution in [2.75, 3.05) is 14.2 Å². The molecule has 0 aliphatic heterocycles. The molecule has 0 aliphatic rings. The maximum atomic E-state index is 11.6. The summed E-state index contributed by atoms with van der Waals surface area (Å²) in [5.41, 5.74) is -0.128. The number of rotatable bonds is 6. The van der Waals surface area contributed by atoms with Gasteiger partial charge in [0.2, 0.25) is 0 Å². The number of esters is 2. The van der Waals surface area contributed by atoms with Gasteiger partial charge < -0.3 is 9.47 Å². The quantitative estimate of drug-likeness (QED) is 0.342. The highest BCUT2D eigenvalue weighted by atomic mass is 32.2. The molecule has 1 rings (SSSR count). The van der Waals surface area contributed by atoms with Crippen molar-refractivity contribution < 1.29 is 24.0 Å². The molecular formula is C12H13NO6S. The second-order valence-corrected chi connectivity index (χ2v) is 4.88. The van der Waals surface area contributed by atoms with Gasteiger partial charge in [-0.25, -0.2) is 0 Å². The monoisotopic (exact) mass is 299 g/mol. The smallest absolute Gasteiger partial charge is 0.319 e. The van der Waals surface area contributed by atoms with Gasteiger partial charge in [-0.05, 0) is 6.07 Å². The average Bonchev–Trinajstić information content (AvgIpc) is 2.45. The third kappa shape index (κ3) is 4.23. The summed E-state index contributed by atoms with van der Waals surface area (Å²) in [6.45, 7) is 0. The molecule has 1 aromatic rings. The molecule has 0 fully saturated rings. The standard InChI is InChI=1S/C12H13NO6S/c1-18-11(14)7-10(12(15)19-2)20-9-6-4-3-5-8(9)13(16)17/h3-6,10H,7H2,1-2H3. The van der Waals surface area contributed by atoms with Crippen LogP contribution in [0, 0.1) is 10.1 Å². The van der Waals surface area contributed by atoms with Crippen molar-refractivity contribution >= 4 is 29.4 Å². The van der Waals surface area contributed by atoms with Crippen LogP contribution in [0.5, 0.6) is 0 Å². The molecule has 0 aromatic heterocycles. The molecule has 1 aromatic carbocycles. The number of hydrogen-bond donors (Lipinski definition) is 0. The number of thioether (sulfide) groups is 1. The minimum atomic E-state index is -0.895. The summed E-state index contributed by atoms with van der Waals surface area (Å²) in [5.74, 6) is -1.23. The summed E-state index contributed by atoms with van der Waals surface area (Å²) in [7, 11) is 2.39. The summed E-state index contributed by atoms with van der Waals surface area (Å²) < 4.78 is 9.09. The van der Waals surface area contributed by atoms with Gasteiger partial charge in [-0.3, -0.25) is 19.7 Å².